The molecular weight excluding hydrogens is 390 g/mol. The lowest BCUT2D eigenvalue weighted by atomic mass is 10.0. The first-order valence-electron chi connectivity index (χ1n) is 13.2. The van der Waals surface area contributed by atoms with Crippen LogP contribution in [-0.4, -0.2) is 47.7 Å². The summed E-state index contributed by atoms with van der Waals surface area (Å²) in [6.45, 7) is 2.52. The van der Waals surface area contributed by atoms with Gasteiger partial charge in [-0.2, -0.15) is 0 Å². The van der Waals surface area contributed by atoms with E-state index in [-0.39, 0.29) is 18.9 Å². The summed E-state index contributed by atoms with van der Waals surface area (Å²) in [6.07, 6.45) is 22.5. The number of β-amino-alcohol motifs (C(OH)–C–C–N with tert-alkyl or cyclic N) is 1. The number of hydrogen-bond acceptors (Lipinski definition) is 4. The van der Waals surface area contributed by atoms with Gasteiger partial charge in [-0.3, -0.25) is 4.79 Å². The van der Waals surface area contributed by atoms with Crippen LogP contribution in [0.2, 0.25) is 0 Å². The van der Waals surface area contributed by atoms with Crippen molar-refractivity contribution < 1.29 is 19.4 Å². The number of carbonyl (C=O) groups is 2. The van der Waals surface area contributed by atoms with Gasteiger partial charge < -0.3 is 14.7 Å². The summed E-state index contributed by atoms with van der Waals surface area (Å²) in [5.74, 6) is -0.458. The fourth-order valence-corrected chi connectivity index (χ4v) is 4.59. The van der Waals surface area contributed by atoms with Gasteiger partial charge in [0.05, 0.1) is 13.2 Å². The monoisotopic (exact) mass is 439 g/mol. The van der Waals surface area contributed by atoms with Crippen molar-refractivity contribution in [3.05, 3.63) is 0 Å². The molecule has 1 heterocycles. The van der Waals surface area contributed by atoms with E-state index < -0.39 is 18.1 Å². The highest BCUT2D eigenvalue weighted by molar-refractivity contribution is 5.85. The molecule has 0 radical (unpaired) electrons. The summed E-state index contributed by atoms with van der Waals surface area (Å²) in [4.78, 5) is 25.7. The van der Waals surface area contributed by atoms with Crippen LogP contribution in [0.5, 0.6) is 0 Å². The van der Waals surface area contributed by atoms with Crippen molar-refractivity contribution in [1.82, 2.24) is 4.90 Å². The second-order valence-corrected chi connectivity index (χ2v) is 9.38. The van der Waals surface area contributed by atoms with Gasteiger partial charge in [-0.25, -0.2) is 4.79 Å². The maximum Gasteiger partial charge on any atom is 0.328 e. The van der Waals surface area contributed by atoms with Gasteiger partial charge in [0, 0.05) is 19.4 Å². The van der Waals surface area contributed by atoms with E-state index in [1.807, 2.05) is 0 Å². The molecular formula is C26H49NO4. The molecule has 1 fully saturated rings. The van der Waals surface area contributed by atoms with E-state index >= 15 is 0 Å². The summed E-state index contributed by atoms with van der Waals surface area (Å²) in [7, 11) is 1.33. The molecule has 2 atom stereocenters. The van der Waals surface area contributed by atoms with Crippen molar-refractivity contribution in [2.45, 2.75) is 141 Å². The number of rotatable bonds is 19. The number of hydrogen-bond donors (Lipinski definition) is 1. The van der Waals surface area contributed by atoms with Crippen LogP contribution in [0, 0.1) is 0 Å². The van der Waals surface area contributed by atoms with Gasteiger partial charge in [0.2, 0.25) is 5.91 Å². The molecule has 0 unspecified atom stereocenters. The van der Waals surface area contributed by atoms with Gasteiger partial charge in [0.15, 0.2) is 0 Å². The molecule has 0 spiro atoms. The van der Waals surface area contributed by atoms with E-state index in [1.54, 1.807) is 0 Å². The summed E-state index contributed by atoms with van der Waals surface area (Å²) >= 11 is 0. The molecule has 1 rings (SSSR count). The maximum atomic E-state index is 12.4. The minimum Gasteiger partial charge on any atom is -0.467 e. The number of ether oxygens (including phenoxy) is 1. The van der Waals surface area contributed by atoms with Gasteiger partial charge in [0.1, 0.15) is 6.04 Å². The van der Waals surface area contributed by atoms with Gasteiger partial charge in [-0.15, -0.1) is 0 Å². The average Bonchev–Trinajstić information content (AvgIpc) is 3.17. The molecule has 0 bridgehead atoms. The van der Waals surface area contributed by atoms with Gasteiger partial charge in [0.25, 0.3) is 0 Å². The molecule has 182 valence electrons. The molecule has 1 N–H and O–H groups in total. The normalized spacial score (nSPS) is 18.5. The Morgan fingerprint density at radius 3 is 1.61 bits per heavy atom. The number of unbranched alkanes of at least 4 members (excludes halogenated alkanes) is 16. The smallest absolute Gasteiger partial charge is 0.328 e. The lowest BCUT2D eigenvalue weighted by Gasteiger charge is -2.22. The Hall–Kier alpha value is -1.10. The zero-order valence-corrected chi connectivity index (χ0v) is 20.4. The van der Waals surface area contributed by atoms with E-state index in [2.05, 4.69) is 6.92 Å². The zero-order chi connectivity index (χ0) is 22.7. The fourth-order valence-electron chi connectivity index (χ4n) is 4.59. The minimum absolute atomic E-state index is 0.0343. The molecule has 5 heteroatoms. The fraction of sp³-hybridized carbons (Fsp3) is 0.923. The number of aliphatic hydroxyl groups excluding tert-OH is 1. The van der Waals surface area contributed by atoms with E-state index in [1.165, 1.54) is 108 Å². The number of aliphatic hydroxyl groups is 1. The number of methoxy groups -OCH3 is 1. The molecule has 0 aliphatic carbocycles. The topological polar surface area (TPSA) is 66.8 Å². The first kappa shape index (κ1) is 27.9. The molecule has 1 aliphatic rings. The molecule has 1 amide bonds. The molecule has 1 aliphatic heterocycles. The van der Waals surface area contributed by atoms with Crippen LogP contribution in [0.3, 0.4) is 0 Å². The Balaban J connectivity index is 1.88. The Kier molecular flexibility index (Phi) is 16.6. The molecule has 5 nitrogen and oxygen atoms in total. The minimum atomic E-state index is -0.622. The van der Waals surface area contributed by atoms with Crippen molar-refractivity contribution in [3.63, 3.8) is 0 Å². The van der Waals surface area contributed by atoms with E-state index in [0.29, 0.717) is 6.42 Å². The van der Waals surface area contributed by atoms with Crippen LogP contribution in [0.25, 0.3) is 0 Å². The van der Waals surface area contributed by atoms with Crippen LogP contribution in [0.4, 0.5) is 0 Å². The molecule has 0 aromatic carbocycles. The van der Waals surface area contributed by atoms with Crippen LogP contribution < -0.4 is 0 Å². The zero-order valence-electron chi connectivity index (χ0n) is 20.4. The van der Waals surface area contributed by atoms with Gasteiger partial charge in [-0.05, 0) is 6.42 Å². The lowest BCUT2D eigenvalue weighted by molar-refractivity contribution is -0.151. The van der Waals surface area contributed by atoms with Crippen molar-refractivity contribution >= 4 is 11.9 Å². The first-order valence-corrected chi connectivity index (χ1v) is 13.2. The first-order chi connectivity index (χ1) is 15.1. The molecule has 0 aromatic rings. The highest BCUT2D eigenvalue weighted by Gasteiger charge is 2.39. The quantitative estimate of drug-likeness (QED) is 0.193. The van der Waals surface area contributed by atoms with Gasteiger partial charge >= 0.3 is 5.97 Å². The van der Waals surface area contributed by atoms with Crippen molar-refractivity contribution in [2.24, 2.45) is 0 Å². The highest BCUT2D eigenvalue weighted by Crippen LogP contribution is 2.21. The number of likely N-dealkylation sites (tertiary alicyclic amines) is 1. The summed E-state index contributed by atoms with van der Waals surface area (Å²) < 4.78 is 4.76. The summed E-state index contributed by atoms with van der Waals surface area (Å²) in [6, 6.07) is -0.613. The van der Waals surface area contributed by atoms with Crippen LogP contribution in [-0.2, 0) is 14.3 Å². The third-order valence-electron chi connectivity index (χ3n) is 6.57. The summed E-state index contributed by atoms with van der Waals surface area (Å²) in [5, 5.41) is 9.78. The average molecular weight is 440 g/mol. The Bertz CT molecular complexity index is 468. The number of esters is 1. The Labute approximate surface area is 191 Å². The van der Waals surface area contributed by atoms with Crippen molar-refractivity contribution in [1.29, 1.82) is 0 Å². The Morgan fingerprint density at radius 1 is 0.774 bits per heavy atom. The van der Waals surface area contributed by atoms with Crippen LogP contribution in [0.15, 0.2) is 0 Å². The van der Waals surface area contributed by atoms with Crippen LogP contribution >= 0.6 is 0 Å². The highest BCUT2D eigenvalue weighted by atomic mass is 16.5. The van der Waals surface area contributed by atoms with E-state index in [0.717, 1.165) is 12.8 Å². The number of nitrogens with zero attached hydrogens (tertiary/aromatic N) is 1. The predicted molar refractivity (Wildman–Crippen MR) is 127 cm³/mol. The number of carbonyl (C=O) groups excluding carboxylic acids is 2. The van der Waals surface area contributed by atoms with Crippen molar-refractivity contribution in [3.8, 4) is 0 Å². The number of amides is 1. The lowest BCUT2D eigenvalue weighted by Crippen LogP contribution is -2.41. The molecule has 0 saturated carbocycles. The predicted octanol–water partition coefficient (Wildman–Crippen LogP) is 6.16. The Morgan fingerprint density at radius 2 is 1.19 bits per heavy atom. The molecule has 0 aromatic heterocycles. The maximum absolute atomic E-state index is 12.4. The third kappa shape index (κ3) is 13.1. The SMILES string of the molecule is CCCCCCCCCCCCCCCCCCCC(=O)N1C[C@H](O)C[C@H]1C(=O)OC. The van der Waals surface area contributed by atoms with Crippen LogP contribution in [0.1, 0.15) is 129 Å². The molecule has 1 saturated heterocycles. The summed E-state index contributed by atoms with van der Waals surface area (Å²) in [5.41, 5.74) is 0. The van der Waals surface area contributed by atoms with E-state index in [4.69, 9.17) is 4.74 Å². The largest absolute Gasteiger partial charge is 0.467 e. The second kappa shape index (κ2) is 18.5. The van der Waals surface area contributed by atoms with Gasteiger partial charge in [-0.1, -0.05) is 110 Å². The standard InChI is InChI=1S/C26H49NO4/c1-3-4-5-6-7-8-9-10-11-12-13-14-15-16-17-18-19-20-25(29)27-22-23(28)21-24(27)26(30)31-2/h23-24,28H,3-22H2,1-2H3/t23-,24+/m1/s1. The van der Waals surface area contributed by atoms with Crippen molar-refractivity contribution in [2.75, 3.05) is 13.7 Å². The van der Waals surface area contributed by atoms with E-state index in [9.17, 15) is 14.7 Å². The second-order valence-electron chi connectivity index (χ2n) is 9.38. The third-order valence-corrected chi connectivity index (χ3v) is 6.57. The molecule has 31 heavy (non-hydrogen) atoms.